The van der Waals surface area contributed by atoms with Crippen molar-refractivity contribution in [1.82, 2.24) is 26.1 Å². The zero-order chi connectivity index (χ0) is 17.8. The molecule has 2 amide bonds. The van der Waals surface area contributed by atoms with Gasteiger partial charge in [0.2, 0.25) is 17.7 Å². The summed E-state index contributed by atoms with van der Waals surface area (Å²) in [4.78, 5) is 28.0. The lowest BCUT2D eigenvalue weighted by molar-refractivity contribution is -0.124. The van der Waals surface area contributed by atoms with E-state index in [4.69, 9.17) is 10.3 Å². The minimum atomic E-state index is -0.783. The van der Waals surface area contributed by atoms with E-state index in [9.17, 15) is 14.7 Å². The van der Waals surface area contributed by atoms with Crippen molar-refractivity contribution in [2.75, 3.05) is 13.1 Å². The van der Waals surface area contributed by atoms with E-state index in [1.165, 1.54) is 0 Å². The van der Waals surface area contributed by atoms with Crippen LogP contribution in [0.3, 0.4) is 0 Å². The first-order valence-corrected chi connectivity index (χ1v) is 8.60. The van der Waals surface area contributed by atoms with Crippen LogP contribution in [0.2, 0.25) is 0 Å². The maximum atomic E-state index is 12.3. The molecule has 3 heterocycles. The first-order valence-electron chi connectivity index (χ1n) is 8.60. The Labute approximate surface area is 144 Å². The number of nitrogens with two attached hydrogens (primary N) is 1. The van der Waals surface area contributed by atoms with Crippen LogP contribution in [0.5, 0.6) is 0 Å². The molecular weight excluding hydrogens is 328 g/mol. The third-order valence-electron chi connectivity index (χ3n) is 4.52. The molecule has 10 heteroatoms. The van der Waals surface area contributed by atoms with E-state index in [1.54, 1.807) is 0 Å². The lowest BCUT2D eigenvalue weighted by Crippen LogP contribution is -2.43. The second-order valence-corrected chi connectivity index (χ2v) is 6.58. The third kappa shape index (κ3) is 4.53. The van der Waals surface area contributed by atoms with Gasteiger partial charge in [-0.25, -0.2) is 0 Å². The smallest absolute Gasteiger partial charge is 0.249 e. The van der Waals surface area contributed by atoms with Crippen LogP contribution < -0.4 is 21.7 Å². The molecule has 0 aromatic carbocycles. The van der Waals surface area contributed by atoms with Crippen molar-refractivity contribution in [3.63, 3.8) is 0 Å². The summed E-state index contributed by atoms with van der Waals surface area (Å²) >= 11 is 0. The van der Waals surface area contributed by atoms with Gasteiger partial charge < -0.3 is 31.3 Å². The largest absolute Gasteiger partial charge is 0.392 e. The number of primary amides is 1. The molecule has 25 heavy (non-hydrogen) atoms. The molecule has 1 aromatic rings. The number of hydrogen-bond donors (Lipinski definition) is 5. The molecule has 2 aliphatic heterocycles. The molecule has 1 aromatic heterocycles. The molecule has 138 valence electrons. The Balaban J connectivity index is 1.68. The molecule has 2 saturated heterocycles. The highest BCUT2D eigenvalue weighted by atomic mass is 16.5. The summed E-state index contributed by atoms with van der Waals surface area (Å²) in [5.41, 5.74) is 5.28. The van der Waals surface area contributed by atoms with Gasteiger partial charge in [-0.05, 0) is 25.8 Å². The molecule has 0 spiro atoms. The Bertz CT molecular complexity index is 615. The van der Waals surface area contributed by atoms with Gasteiger partial charge in [-0.2, -0.15) is 4.98 Å². The average Bonchev–Trinajstić information content (AvgIpc) is 3.24. The van der Waals surface area contributed by atoms with Gasteiger partial charge in [0, 0.05) is 6.54 Å². The van der Waals surface area contributed by atoms with Gasteiger partial charge in [0.1, 0.15) is 6.04 Å². The molecule has 0 aliphatic carbocycles. The fourth-order valence-corrected chi connectivity index (χ4v) is 3.19. The number of aliphatic hydroxyl groups is 1. The quantitative estimate of drug-likeness (QED) is 0.420. The van der Waals surface area contributed by atoms with Gasteiger partial charge in [-0.1, -0.05) is 11.6 Å². The van der Waals surface area contributed by atoms with Crippen LogP contribution in [-0.4, -0.2) is 52.3 Å². The van der Waals surface area contributed by atoms with Crippen LogP contribution in [0.1, 0.15) is 55.9 Å². The number of aliphatic hydroxyl groups excluding tert-OH is 1. The molecule has 2 fully saturated rings. The number of nitrogens with zero attached hydrogens (tertiary/aromatic N) is 2. The monoisotopic (exact) mass is 352 g/mol. The van der Waals surface area contributed by atoms with Crippen molar-refractivity contribution in [2.45, 2.75) is 56.3 Å². The van der Waals surface area contributed by atoms with Gasteiger partial charge in [0.05, 0.1) is 24.6 Å². The van der Waals surface area contributed by atoms with E-state index in [0.29, 0.717) is 18.8 Å². The molecule has 3 rings (SSSR count). The van der Waals surface area contributed by atoms with Crippen molar-refractivity contribution >= 4 is 11.8 Å². The second-order valence-electron chi connectivity index (χ2n) is 6.58. The topological polar surface area (TPSA) is 155 Å². The molecule has 10 nitrogen and oxygen atoms in total. The molecule has 0 bridgehead atoms. The maximum absolute atomic E-state index is 12.3. The zero-order valence-electron chi connectivity index (χ0n) is 13.9. The number of rotatable bonds is 6. The van der Waals surface area contributed by atoms with Crippen LogP contribution in [-0.2, 0) is 9.59 Å². The summed E-state index contributed by atoms with van der Waals surface area (Å²) in [5, 5.41) is 22.5. The van der Waals surface area contributed by atoms with Crippen molar-refractivity contribution in [1.29, 1.82) is 0 Å². The predicted octanol–water partition coefficient (Wildman–Crippen LogP) is -1.36. The van der Waals surface area contributed by atoms with E-state index in [0.717, 1.165) is 25.8 Å². The van der Waals surface area contributed by atoms with Crippen molar-refractivity contribution in [2.24, 2.45) is 5.73 Å². The van der Waals surface area contributed by atoms with Gasteiger partial charge in [0.25, 0.3) is 0 Å². The third-order valence-corrected chi connectivity index (χ3v) is 4.52. The number of piperidine rings is 1. The van der Waals surface area contributed by atoms with Gasteiger partial charge >= 0.3 is 0 Å². The highest BCUT2D eigenvalue weighted by molar-refractivity contribution is 5.83. The minimum absolute atomic E-state index is 0.0165. The lowest BCUT2D eigenvalue weighted by Gasteiger charge is -2.20. The summed E-state index contributed by atoms with van der Waals surface area (Å²) in [6.07, 6.45) is 2.73. The summed E-state index contributed by atoms with van der Waals surface area (Å²) in [6.45, 7) is 1.25. The summed E-state index contributed by atoms with van der Waals surface area (Å²) in [5.74, 6) is -0.237. The molecule has 0 unspecified atom stereocenters. The van der Waals surface area contributed by atoms with Crippen molar-refractivity contribution < 1.29 is 19.2 Å². The summed E-state index contributed by atoms with van der Waals surface area (Å²) in [7, 11) is 0. The fraction of sp³-hybridized carbons (Fsp3) is 0.733. The molecule has 6 N–H and O–H groups in total. The molecule has 4 atom stereocenters. The molecular formula is C15H24N6O4. The first-order chi connectivity index (χ1) is 12.0. The van der Waals surface area contributed by atoms with Crippen LogP contribution in [0.25, 0.3) is 0 Å². The number of aromatic nitrogens is 2. The van der Waals surface area contributed by atoms with E-state index >= 15 is 0 Å². The molecule has 2 aliphatic rings. The predicted molar refractivity (Wildman–Crippen MR) is 86.0 cm³/mol. The molecule has 0 radical (unpaired) electrons. The number of hydrogen-bond acceptors (Lipinski definition) is 8. The standard InChI is InChI=1S/C15H24N6O4/c16-12(23)6-11(19-14(24)10-5-8(22)7-18-10)15-20-13(21-25-15)9-3-1-2-4-17-9/h8-11,17-18,22H,1-7H2,(H2,16,23)(H,19,24)/t8-,9-,10-,11-/m0/s1. The zero-order valence-corrected chi connectivity index (χ0v) is 13.9. The van der Waals surface area contributed by atoms with E-state index in [-0.39, 0.29) is 24.3 Å². The minimum Gasteiger partial charge on any atom is -0.392 e. The van der Waals surface area contributed by atoms with E-state index < -0.39 is 24.1 Å². The second kappa shape index (κ2) is 7.89. The van der Waals surface area contributed by atoms with Crippen molar-refractivity contribution in [3.8, 4) is 0 Å². The van der Waals surface area contributed by atoms with Crippen LogP contribution in [0.4, 0.5) is 0 Å². The average molecular weight is 352 g/mol. The Hall–Kier alpha value is -2.04. The molecule has 0 saturated carbocycles. The Morgan fingerprint density at radius 3 is 2.88 bits per heavy atom. The number of carbonyl (C=O) groups excluding carboxylic acids is 2. The highest BCUT2D eigenvalue weighted by Crippen LogP contribution is 2.23. The lowest BCUT2D eigenvalue weighted by atomic mass is 10.0. The van der Waals surface area contributed by atoms with Crippen LogP contribution in [0, 0.1) is 0 Å². The van der Waals surface area contributed by atoms with Gasteiger partial charge in [0.15, 0.2) is 5.82 Å². The number of nitrogens with one attached hydrogen (secondary N) is 3. The summed E-state index contributed by atoms with van der Waals surface area (Å²) in [6, 6.07) is -1.29. The van der Waals surface area contributed by atoms with Crippen LogP contribution in [0.15, 0.2) is 4.52 Å². The Morgan fingerprint density at radius 2 is 2.24 bits per heavy atom. The number of β-amino-alcohol motifs (C(OH)–C–C–N with tert-alkyl or cyclic N) is 1. The maximum Gasteiger partial charge on any atom is 0.249 e. The van der Waals surface area contributed by atoms with Crippen molar-refractivity contribution in [3.05, 3.63) is 11.7 Å². The number of carbonyl (C=O) groups is 2. The Kier molecular flexibility index (Phi) is 5.61. The SMILES string of the molecule is NC(=O)C[C@H](NC(=O)[C@@H]1C[C@H](O)CN1)c1nc([C@@H]2CCCCN2)no1. The fourth-order valence-electron chi connectivity index (χ4n) is 3.19. The van der Waals surface area contributed by atoms with Gasteiger partial charge in [-0.15, -0.1) is 0 Å². The Morgan fingerprint density at radius 1 is 1.40 bits per heavy atom. The van der Waals surface area contributed by atoms with Gasteiger partial charge in [-0.3, -0.25) is 9.59 Å². The summed E-state index contributed by atoms with van der Waals surface area (Å²) < 4.78 is 5.27. The number of amides is 2. The highest BCUT2D eigenvalue weighted by Gasteiger charge is 2.32. The van der Waals surface area contributed by atoms with E-state index in [2.05, 4.69) is 26.1 Å². The normalized spacial score (nSPS) is 27.8. The van der Waals surface area contributed by atoms with E-state index in [1.807, 2.05) is 0 Å². The first kappa shape index (κ1) is 17.8. The van der Waals surface area contributed by atoms with Crippen LogP contribution >= 0.6 is 0 Å².